The molecular formula is C9H8NO5P. The van der Waals surface area contributed by atoms with Gasteiger partial charge < -0.3 is 19.9 Å². The molecule has 0 radical (unpaired) electrons. The van der Waals surface area contributed by atoms with E-state index in [4.69, 9.17) is 14.9 Å². The lowest BCUT2D eigenvalue weighted by molar-refractivity contribution is 0.0699. The number of rotatable bonds is 2. The molecule has 0 saturated carbocycles. The van der Waals surface area contributed by atoms with Crippen molar-refractivity contribution in [1.29, 1.82) is 0 Å². The molecule has 0 atom stereocenters. The summed E-state index contributed by atoms with van der Waals surface area (Å²) in [4.78, 5) is 31.2. The summed E-state index contributed by atoms with van der Waals surface area (Å²) in [5, 5.41) is 9.34. The van der Waals surface area contributed by atoms with Crippen LogP contribution in [0.15, 0.2) is 24.3 Å². The van der Waals surface area contributed by atoms with Gasteiger partial charge in [0.05, 0.1) is 11.1 Å². The minimum Gasteiger partial charge on any atom is -0.478 e. The SMILES string of the molecule is O=C(O)c1cccc2cc(P(=O)(O)O)[nH]c12. The van der Waals surface area contributed by atoms with Gasteiger partial charge in [0.2, 0.25) is 0 Å². The second-order valence-electron chi connectivity index (χ2n) is 3.27. The second-order valence-corrected chi connectivity index (χ2v) is 4.84. The van der Waals surface area contributed by atoms with Gasteiger partial charge in [0, 0.05) is 5.39 Å². The van der Waals surface area contributed by atoms with Crippen LogP contribution in [-0.2, 0) is 4.57 Å². The zero-order valence-corrected chi connectivity index (χ0v) is 8.81. The smallest absolute Gasteiger partial charge is 0.372 e. The fourth-order valence-corrected chi connectivity index (χ4v) is 2.04. The Bertz CT molecular complexity index is 611. The summed E-state index contributed by atoms with van der Waals surface area (Å²) < 4.78 is 11.0. The molecule has 1 aromatic carbocycles. The van der Waals surface area contributed by atoms with Crippen LogP contribution in [0.2, 0.25) is 0 Å². The summed E-state index contributed by atoms with van der Waals surface area (Å²) in [6.07, 6.45) is 0. The Balaban J connectivity index is 2.76. The van der Waals surface area contributed by atoms with Crippen molar-refractivity contribution < 1.29 is 24.3 Å². The minimum absolute atomic E-state index is 0.0165. The first-order valence-electron chi connectivity index (χ1n) is 4.31. The van der Waals surface area contributed by atoms with E-state index in [9.17, 15) is 9.36 Å². The van der Waals surface area contributed by atoms with E-state index in [2.05, 4.69) is 4.98 Å². The van der Waals surface area contributed by atoms with Crippen LogP contribution < -0.4 is 5.44 Å². The first-order chi connectivity index (χ1) is 7.39. The maximum atomic E-state index is 11.0. The van der Waals surface area contributed by atoms with Crippen LogP contribution >= 0.6 is 7.60 Å². The molecule has 0 saturated heterocycles. The van der Waals surface area contributed by atoms with E-state index in [0.29, 0.717) is 5.39 Å². The van der Waals surface area contributed by atoms with Gasteiger partial charge in [-0.25, -0.2) is 4.79 Å². The number of aromatic amines is 1. The fourth-order valence-electron chi connectivity index (χ4n) is 1.48. The molecule has 7 heteroatoms. The Hall–Kier alpha value is -1.62. The highest BCUT2D eigenvalue weighted by molar-refractivity contribution is 7.60. The third kappa shape index (κ3) is 1.74. The minimum atomic E-state index is -4.39. The molecule has 6 nitrogen and oxygen atoms in total. The molecule has 0 aliphatic carbocycles. The Labute approximate surface area is 89.7 Å². The number of aromatic nitrogens is 1. The maximum Gasteiger partial charge on any atom is 0.372 e. The third-order valence-electron chi connectivity index (χ3n) is 2.19. The molecule has 84 valence electrons. The van der Waals surface area contributed by atoms with Crippen molar-refractivity contribution in [2.24, 2.45) is 0 Å². The van der Waals surface area contributed by atoms with E-state index in [-0.39, 0.29) is 16.5 Å². The molecule has 0 amide bonds. The number of carboxylic acids is 1. The van der Waals surface area contributed by atoms with Crippen LogP contribution in [0.25, 0.3) is 10.9 Å². The van der Waals surface area contributed by atoms with Gasteiger partial charge in [-0.1, -0.05) is 12.1 Å². The summed E-state index contributed by atoms with van der Waals surface area (Å²) in [5.74, 6) is -1.15. The van der Waals surface area contributed by atoms with Crippen LogP contribution in [0.4, 0.5) is 0 Å². The molecule has 0 aliphatic rings. The predicted octanol–water partition coefficient (Wildman–Crippen LogP) is 0.669. The number of carboxylic acid groups (broad SMARTS) is 1. The molecule has 4 N–H and O–H groups in total. The predicted molar refractivity (Wildman–Crippen MR) is 56.9 cm³/mol. The lowest BCUT2D eigenvalue weighted by Crippen LogP contribution is -2.04. The summed E-state index contributed by atoms with van der Waals surface area (Å²) in [7, 11) is -4.39. The standard InChI is InChI=1S/C9H8NO5P/c11-9(12)6-3-1-2-5-4-7(10-8(5)6)16(13,14)15/h1-4,10H,(H,11,12)(H2,13,14,15). The number of hydrogen-bond acceptors (Lipinski definition) is 2. The number of aromatic carboxylic acids is 1. The van der Waals surface area contributed by atoms with Gasteiger partial charge in [0.15, 0.2) is 0 Å². The van der Waals surface area contributed by atoms with Gasteiger partial charge in [0.1, 0.15) is 5.44 Å². The summed E-state index contributed by atoms with van der Waals surface area (Å²) in [6, 6.07) is 5.72. The van der Waals surface area contributed by atoms with Gasteiger partial charge in [-0.3, -0.25) is 4.57 Å². The van der Waals surface area contributed by atoms with Crippen molar-refractivity contribution in [3.05, 3.63) is 29.8 Å². The Kier molecular flexibility index (Phi) is 2.35. The number of carbonyl (C=O) groups is 1. The summed E-state index contributed by atoms with van der Waals surface area (Å²) >= 11 is 0. The lowest BCUT2D eigenvalue weighted by Gasteiger charge is -1.98. The monoisotopic (exact) mass is 241 g/mol. The van der Waals surface area contributed by atoms with E-state index >= 15 is 0 Å². The number of hydrogen-bond donors (Lipinski definition) is 4. The molecule has 2 rings (SSSR count). The van der Waals surface area contributed by atoms with Crippen LogP contribution in [0.3, 0.4) is 0 Å². The average Bonchev–Trinajstić information content (AvgIpc) is 2.59. The molecule has 16 heavy (non-hydrogen) atoms. The van der Waals surface area contributed by atoms with E-state index in [0.717, 1.165) is 0 Å². The van der Waals surface area contributed by atoms with Crippen molar-refractivity contribution in [2.45, 2.75) is 0 Å². The Morgan fingerprint density at radius 2 is 2.00 bits per heavy atom. The van der Waals surface area contributed by atoms with Crippen molar-refractivity contribution in [3.63, 3.8) is 0 Å². The highest BCUT2D eigenvalue weighted by atomic mass is 31.2. The molecule has 0 bridgehead atoms. The van der Waals surface area contributed by atoms with Crippen molar-refractivity contribution in [2.75, 3.05) is 0 Å². The molecule has 1 aromatic heterocycles. The topological polar surface area (TPSA) is 111 Å². The van der Waals surface area contributed by atoms with Gasteiger partial charge in [0.25, 0.3) is 0 Å². The maximum absolute atomic E-state index is 11.0. The fraction of sp³-hybridized carbons (Fsp3) is 0. The normalized spacial score (nSPS) is 11.9. The second kappa shape index (κ2) is 3.45. The molecule has 1 heterocycles. The quantitative estimate of drug-likeness (QED) is 0.577. The number of fused-ring (bicyclic) bond motifs is 1. The highest BCUT2D eigenvalue weighted by Gasteiger charge is 2.21. The number of para-hydroxylation sites is 1. The largest absolute Gasteiger partial charge is 0.478 e. The Morgan fingerprint density at radius 1 is 1.31 bits per heavy atom. The first-order valence-corrected chi connectivity index (χ1v) is 5.92. The molecular weight excluding hydrogens is 233 g/mol. The van der Waals surface area contributed by atoms with Crippen LogP contribution in [0, 0.1) is 0 Å². The van der Waals surface area contributed by atoms with E-state index < -0.39 is 13.6 Å². The van der Waals surface area contributed by atoms with Crippen molar-refractivity contribution in [3.8, 4) is 0 Å². The van der Waals surface area contributed by atoms with Gasteiger partial charge >= 0.3 is 13.6 Å². The van der Waals surface area contributed by atoms with Gasteiger partial charge in [-0.05, 0) is 12.1 Å². The van der Waals surface area contributed by atoms with Crippen LogP contribution in [0.1, 0.15) is 10.4 Å². The molecule has 0 unspecified atom stereocenters. The van der Waals surface area contributed by atoms with Crippen LogP contribution in [0.5, 0.6) is 0 Å². The zero-order valence-electron chi connectivity index (χ0n) is 7.91. The Morgan fingerprint density at radius 3 is 2.56 bits per heavy atom. The lowest BCUT2D eigenvalue weighted by atomic mass is 10.1. The van der Waals surface area contributed by atoms with Crippen LogP contribution in [-0.4, -0.2) is 25.8 Å². The zero-order chi connectivity index (χ0) is 11.9. The number of nitrogens with one attached hydrogen (secondary N) is 1. The highest BCUT2D eigenvalue weighted by Crippen LogP contribution is 2.34. The molecule has 0 spiro atoms. The molecule has 0 aliphatic heterocycles. The van der Waals surface area contributed by atoms with Gasteiger partial charge in [-0.15, -0.1) is 0 Å². The van der Waals surface area contributed by atoms with Crippen molar-refractivity contribution >= 4 is 29.9 Å². The average molecular weight is 241 g/mol. The first kappa shape index (κ1) is 10.9. The summed E-state index contributed by atoms with van der Waals surface area (Å²) in [5.41, 5.74) is -0.0817. The van der Waals surface area contributed by atoms with Crippen molar-refractivity contribution in [1.82, 2.24) is 4.98 Å². The number of benzene rings is 1. The number of H-pyrrole nitrogens is 1. The molecule has 0 fully saturated rings. The van der Waals surface area contributed by atoms with E-state index in [1.807, 2.05) is 0 Å². The molecule has 2 aromatic rings. The van der Waals surface area contributed by atoms with E-state index in [1.54, 1.807) is 6.07 Å². The summed E-state index contributed by atoms with van der Waals surface area (Å²) in [6.45, 7) is 0. The third-order valence-corrected chi connectivity index (χ3v) is 3.05. The van der Waals surface area contributed by atoms with Gasteiger partial charge in [-0.2, -0.15) is 0 Å². The van der Waals surface area contributed by atoms with E-state index in [1.165, 1.54) is 18.2 Å².